The highest BCUT2D eigenvalue weighted by atomic mass is 15.2. The first-order valence-electron chi connectivity index (χ1n) is 5.53. The van der Waals surface area contributed by atoms with E-state index in [1.165, 1.54) is 12.8 Å². The Labute approximate surface area is 92.6 Å². The minimum Gasteiger partial charge on any atom is -0.313 e. The summed E-state index contributed by atoms with van der Waals surface area (Å²) in [5.41, 5.74) is 5.11. The molecule has 0 bridgehead atoms. The Morgan fingerprint density at radius 1 is 1.53 bits per heavy atom. The maximum Gasteiger partial charge on any atom is 0.114 e. The van der Waals surface area contributed by atoms with Gasteiger partial charge in [0.05, 0.1) is 6.07 Å². The lowest BCUT2D eigenvalue weighted by molar-refractivity contribution is 0.133. The van der Waals surface area contributed by atoms with Crippen LogP contribution in [0.5, 0.6) is 0 Å². The maximum atomic E-state index is 8.87. The summed E-state index contributed by atoms with van der Waals surface area (Å²) in [6.07, 6.45) is 2.35. The fraction of sp³-hybridized carbons (Fsp3) is 0.909. The number of likely N-dealkylation sites (tertiary alicyclic amines) is 1. The largest absolute Gasteiger partial charge is 0.313 e. The van der Waals surface area contributed by atoms with Crippen LogP contribution in [0.3, 0.4) is 0 Å². The molecular formula is C11H22N4. The van der Waals surface area contributed by atoms with E-state index in [-0.39, 0.29) is 0 Å². The molecule has 0 aromatic rings. The van der Waals surface area contributed by atoms with Crippen molar-refractivity contribution < 1.29 is 0 Å². The number of piperidine rings is 1. The number of nitrogens with zero attached hydrogens (tertiary/aromatic N) is 3. The average Bonchev–Trinajstić information content (AvgIpc) is 2.18. The smallest absolute Gasteiger partial charge is 0.114 e. The third-order valence-corrected chi connectivity index (χ3v) is 3.14. The van der Waals surface area contributed by atoms with Crippen molar-refractivity contribution in [2.24, 2.45) is 5.73 Å². The SMILES string of the molecule is CN1CCC(N(C)CC(C)(N)C#N)CC1. The summed E-state index contributed by atoms with van der Waals surface area (Å²) < 4.78 is 0. The first kappa shape index (κ1) is 12.4. The van der Waals surface area contributed by atoms with Gasteiger partial charge in [-0.1, -0.05) is 0 Å². The normalized spacial score (nSPS) is 23.7. The summed E-state index contributed by atoms with van der Waals surface area (Å²) in [4.78, 5) is 4.58. The monoisotopic (exact) mass is 210 g/mol. The Hall–Kier alpha value is -0.630. The molecule has 1 heterocycles. The third kappa shape index (κ3) is 3.78. The predicted octanol–water partition coefficient (Wildman–Crippen LogP) is 0.253. The van der Waals surface area contributed by atoms with Crippen molar-refractivity contribution in [2.75, 3.05) is 33.7 Å². The van der Waals surface area contributed by atoms with E-state index in [1.54, 1.807) is 6.92 Å². The fourth-order valence-electron chi connectivity index (χ4n) is 2.12. The second-order valence-electron chi connectivity index (χ2n) is 4.98. The van der Waals surface area contributed by atoms with Gasteiger partial charge in [0, 0.05) is 12.6 Å². The van der Waals surface area contributed by atoms with E-state index in [2.05, 4.69) is 30.0 Å². The summed E-state index contributed by atoms with van der Waals surface area (Å²) in [6, 6.07) is 2.73. The standard InChI is InChI=1S/C11H22N4/c1-11(13,8-12)9-15(3)10-4-6-14(2)7-5-10/h10H,4-7,9,13H2,1-3H3. The zero-order valence-corrected chi connectivity index (χ0v) is 10.0. The van der Waals surface area contributed by atoms with Gasteiger partial charge in [0.2, 0.25) is 0 Å². The van der Waals surface area contributed by atoms with Crippen molar-refractivity contribution in [3.8, 4) is 6.07 Å². The quantitative estimate of drug-likeness (QED) is 0.725. The highest BCUT2D eigenvalue weighted by Crippen LogP contribution is 2.15. The first-order chi connectivity index (χ1) is 6.94. The van der Waals surface area contributed by atoms with E-state index < -0.39 is 5.54 Å². The van der Waals surface area contributed by atoms with Crippen molar-refractivity contribution in [1.29, 1.82) is 5.26 Å². The summed E-state index contributed by atoms with van der Waals surface area (Å²) in [6.45, 7) is 4.72. The van der Waals surface area contributed by atoms with Crippen LogP contribution in [0.4, 0.5) is 0 Å². The lowest BCUT2D eigenvalue weighted by Crippen LogP contribution is -2.51. The molecule has 0 aliphatic carbocycles. The van der Waals surface area contributed by atoms with Crippen LogP contribution in [0.15, 0.2) is 0 Å². The minimum atomic E-state index is -0.724. The molecule has 0 aromatic carbocycles. The Balaban J connectivity index is 2.41. The topological polar surface area (TPSA) is 56.3 Å². The predicted molar refractivity (Wildman–Crippen MR) is 61.4 cm³/mol. The van der Waals surface area contributed by atoms with E-state index in [0.717, 1.165) is 13.1 Å². The van der Waals surface area contributed by atoms with E-state index in [4.69, 9.17) is 11.0 Å². The molecule has 1 rings (SSSR count). The number of rotatable bonds is 3. The van der Waals surface area contributed by atoms with Crippen LogP contribution in [-0.4, -0.2) is 55.1 Å². The highest BCUT2D eigenvalue weighted by Gasteiger charge is 2.26. The number of nitriles is 1. The van der Waals surface area contributed by atoms with Crippen molar-refractivity contribution in [3.63, 3.8) is 0 Å². The molecule has 2 N–H and O–H groups in total. The highest BCUT2D eigenvalue weighted by molar-refractivity contribution is 5.03. The van der Waals surface area contributed by atoms with Crippen molar-refractivity contribution in [2.45, 2.75) is 31.3 Å². The zero-order valence-electron chi connectivity index (χ0n) is 10.0. The molecule has 4 heteroatoms. The lowest BCUT2D eigenvalue weighted by atomic mass is 10.0. The Bertz CT molecular complexity index is 235. The first-order valence-corrected chi connectivity index (χ1v) is 5.53. The van der Waals surface area contributed by atoms with Gasteiger partial charge in [0.15, 0.2) is 0 Å². The second-order valence-corrected chi connectivity index (χ2v) is 4.98. The lowest BCUT2D eigenvalue weighted by Gasteiger charge is -2.37. The Kier molecular flexibility index (Phi) is 4.09. The van der Waals surface area contributed by atoms with Crippen LogP contribution < -0.4 is 5.73 Å². The molecular weight excluding hydrogens is 188 g/mol. The molecule has 4 nitrogen and oxygen atoms in total. The second kappa shape index (κ2) is 4.93. The molecule has 0 aromatic heterocycles. The molecule has 1 saturated heterocycles. The van der Waals surface area contributed by atoms with Crippen molar-refractivity contribution in [1.82, 2.24) is 9.80 Å². The van der Waals surface area contributed by atoms with Crippen LogP contribution >= 0.6 is 0 Å². The van der Waals surface area contributed by atoms with Gasteiger partial charge in [-0.15, -0.1) is 0 Å². The van der Waals surface area contributed by atoms with Gasteiger partial charge in [-0.2, -0.15) is 5.26 Å². The molecule has 86 valence electrons. The Morgan fingerprint density at radius 2 is 2.07 bits per heavy atom. The molecule has 1 unspecified atom stereocenters. The maximum absolute atomic E-state index is 8.87. The summed E-state index contributed by atoms with van der Waals surface area (Å²) in [7, 11) is 4.22. The minimum absolute atomic E-state index is 0.581. The number of likely N-dealkylation sites (N-methyl/N-ethyl adjacent to an activating group) is 1. The van der Waals surface area contributed by atoms with E-state index in [0.29, 0.717) is 12.6 Å². The molecule has 0 spiro atoms. The van der Waals surface area contributed by atoms with E-state index >= 15 is 0 Å². The van der Waals surface area contributed by atoms with Crippen molar-refractivity contribution in [3.05, 3.63) is 0 Å². The van der Waals surface area contributed by atoms with Gasteiger partial charge < -0.3 is 15.5 Å². The van der Waals surface area contributed by atoms with Gasteiger partial charge in [-0.3, -0.25) is 0 Å². The van der Waals surface area contributed by atoms with Crippen LogP contribution in [0.2, 0.25) is 0 Å². The van der Waals surface area contributed by atoms with Crippen LogP contribution in [0, 0.1) is 11.3 Å². The number of hydrogen-bond acceptors (Lipinski definition) is 4. The van der Waals surface area contributed by atoms with Gasteiger partial charge in [0.25, 0.3) is 0 Å². The molecule has 1 aliphatic heterocycles. The number of nitrogens with two attached hydrogens (primary N) is 1. The van der Waals surface area contributed by atoms with Crippen molar-refractivity contribution >= 4 is 0 Å². The summed E-state index contributed by atoms with van der Waals surface area (Å²) >= 11 is 0. The zero-order chi connectivity index (χ0) is 11.5. The average molecular weight is 210 g/mol. The molecule has 1 fully saturated rings. The molecule has 15 heavy (non-hydrogen) atoms. The third-order valence-electron chi connectivity index (χ3n) is 3.14. The molecule has 0 amide bonds. The molecule has 1 atom stereocenters. The van der Waals surface area contributed by atoms with E-state index in [1.807, 2.05) is 0 Å². The number of hydrogen-bond donors (Lipinski definition) is 1. The molecule has 1 aliphatic rings. The summed E-state index contributed by atoms with van der Waals surface area (Å²) in [5, 5.41) is 8.87. The van der Waals surface area contributed by atoms with Crippen LogP contribution in [0.25, 0.3) is 0 Å². The molecule has 0 radical (unpaired) electrons. The summed E-state index contributed by atoms with van der Waals surface area (Å²) in [5.74, 6) is 0. The van der Waals surface area contributed by atoms with Crippen LogP contribution in [-0.2, 0) is 0 Å². The van der Waals surface area contributed by atoms with E-state index in [9.17, 15) is 0 Å². The fourth-order valence-corrected chi connectivity index (χ4v) is 2.12. The van der Waals surface area contributed by atoms with Gasteiger partial charge in [0.1, 0.15) is 5.54 Å². The van der Waals surface area contributed by atoms with Gasteiger partial charge >= 0.3 is 0 Å². The Morgan fingerprint density at radius 3 is 2.53 bits per heavy atom. The van der Waals surface area contributed by atoms with Gasteiger partial charge in [-0.25, -0.2) is 0 Å². The van der Waals surface area contributed by atoms with Crippen LogP contribution in [0.1, 0.15) is 19.8 Å². The molecule has 0 saturated carbocycles. The van der Waals surface area contributed by atoms with Gasteiger partial charge in [-0.05, 0) is 47.0 Å².